The highest BCUT2D eigenvalue weighted by Gasteiger charge is 2.24. The number of carbonyl (C=O) groups excluding carboxylic acids is 1. The van der Waals surface area contributed by atoms with Crippen LogP contribution >= 0.6 is 23.4 Å². The molecule has 0 spiro atoms. The number of aromatic nitrogens is 3. The van der Waals surface area contributed by atoms with Gasteiger partial charge in [0.1, 0.15) is 6.33 Å². The number of benzene rings is 2. The maximum atomic E-state index is 12.7. The lowest BCUT2D eigenvalue weighted by molar-refractivity contribution is -0.129. The van der Waals surface area contributed by atoms with E-state index in [1.165, 1.54) is 17.3 Å². The molecule has 3 aromatic rings. The fraction of sp³-hybridized carbons (Fsp3) is 0.286. The monoisotopic (exact) mass is 412 g/mol. The van der Waals surface area contributed by atoms with Crippen molar-refractivity contribution in [2.45, 2.75) is 23.9 Å². The van der Waals surface area contributed by atoms with Crippen molar-refractivity contribution in [2.24, 2.45) is 0 Å². The van der Waals surface area contributed by atoms with Gasteiger partial charge in [-0.25, -0.2) is 0 Å². The minimum Gasteiger partial charge on any atom is -0.342 e. The highest BCUT2D eigenvalue weighted by molar-refractivity contribution is 7.99. The van der Waals surface area contributed by atoms with E-state index in [0.717, 1.165) is 31.6 Å². The number of nitrogens with zero attached hydrogens (tertiary/aromatic N) is 4. The molecule has 0 unspecified atom stereocenters. The van der Waals surface area contributed by atoms with Crippen molar-refractivity contribution in [3.63, 3.8) is 0 Å². The van der Waals surface area contributed by atoms with Crippen molar-refractivity contribution in [3.8, 4) is 5.69 Å². The number of carbonyl (C=O) groups is 1. The molecular weight excluding hydrogens is 392 g/mol. The summed E-state index contributed by atoms with van der Waals surface area (Å²) in [5, 5.41) is 9.48. The first-order valence-electron chi connectivity index (χ1n) is 9.32. The lowest BCUT2D eigenvalue weighted by Crippen LogP contribution is -2.39. The van der Waals surface area contributed by atoms with Crippen molar-refractivity contribution < 1.29 is 4.79 Å². The second-order valence-corrected chi connectivity index (χ2v) is 8.20. The number of hydrogen-bond donors (Lipinski definition) is 0. The summed E-state index contributed by atoms with van der Waals surface area (Å²) in [4.78, 5) is 14.6. The maximum absolute atomic E-state index is 12.7. The molecule has 0 saturated carbocycles. The van der Waals surface area contributed by atoms with Crippen LogP contribution in [0.5, 0.6) is 0 Å². The minimum absolute atomic E-state index is 0.150. The zero-order chi connectivity index (χ0) is 19.3. The third kappa shape index (κ3) is 4.39. The molecule has 1 aliphatic heterocycles. The first-order valence-corrected chi connectivity index (χ1v) is 10.7. The van der Waals surface area contributed by atoms with Crippen LogP contribution in [0, 0.1) is 0 Å². The Labute approximate surface area is 173 Å². The first kappa shape index (κ1) is 19.0. The zero-order valence-corrected chi connectivity index (χ0v) is 16.9. The second kappa shape index (κ2) is 8.80. The fourth-order valence-corrected chi connectivity index (χ4v) is 4.55. The number of likely N-dealkylation sites (tertiary alicyclic amines) is 1. The molecular formula is C21H21ClN4OS. The van der Waals surface area contributed by atoms with E-state index in [0.29, 0.717) is 21.8 Å². The summed E-state index contributed by atoms with van der Waals surface area (Å²) in [6.45, 7) is 1.61. The van der Waals surface area contributed by atoms with Crippen LogP contribution in [0.15, 0.2) is 66.1 Å². The van der Waals surface area contributed by atoms with Gasteiger partial charge in [0, 0.05) is 18.1 Å². The molecule has 1 aliphatic rings. The Hall–Kier alpha value is -2.31. The molecule has 144 valence electrons. The Morgan fingerprint density at radius 3 is 2.64 bits per heavy atom. The van der Waals surface area contributed by atoms with E-state index in [1.807, 2.05) is 39.8 Å². The number of halogens is 1. The largest absolute Gasteiger partial charge is 0.342 e. The van der Waals surface area contributed by atoms with E-state index in [9.17, 15) is 4.79 Å². The zero-order valence-electron chi connectivity index (χ0n) is 15.4. The van der Waals surface area contributed by atoms with Gasteiger partial charge in [-0.1, -0.05) is 59.8 Å². The highest BCUT2D eigenvalue weighted by Crippen LogP contribution is 2.28. The molecule has 0 bridgehead atoms. The standard InChI is InChI=1S/C21H21ClN4OS/c22-18-7-4-8-19(13-18)26-15-23-24-21(26)28-14-20(27)25-11-9-17(10-12-25)16-5-2-1-3-6-16/h1-8,13,15,17H,9-12,14H2. The molecule has 1 fully saturated rings. The van der Waals surface area contributed by atoms with Crippen molar-refractivity contribution in [1.29, 1.82) is 0 Å². The third-order valence-corrected chi connectivity index (χ3v) is 6.21. The number of thioether (sulfide) groups is 1. The predicted octanol–water partition coefficient (Wildman–Crippen LogP) is 4.42. The van der Waals surface area contributed by atoms with Crippen molar-refractivity contribution in [1.82, 2.24) is 19.7 Å². The van der Waals surface area contributed by atoms with Crippen LogP contribution < -0.4 is 0 Å². The van der Waals surface area contributed by atoms with Crippen LogP contribution in [0.1, 0.15) is 24.3 Å². The molecule has 5 nitrogen and oxygen atoms in total. The Balaban J connectivity index is 1.33. The van der Waals surface area contributed by atoms with Gasteiger partial charge >= 0.3 is 0 Å². The minimum atomic E-state index is 0.150. The smallest absolute Gasteiger partial charge is 0.233 e. The summed E-state index contributed by atoms with van der Waals surface area (Å²) in [5.74, 6) is 1.05. The van der Waals surface area contributed by atoms with Crippen LogP contribution in [0.2, 0.25) is 5.02 Å². The van der Waals surface area contributed by atoms with E-state index in [2.05, 4.69) is 34.5 Å². The number of rotatable bonds is 5. The summed E-state index contributed by atoms with van der Waals surface area (Å²) >= 11 is 7.49. The summed E-state index contributed by atoms with van der Waals surface area (Å²) in [6.07, 6.45) is 3.67. The molecule has 28 heavy (non-hydrogen) atoms. The summed E-state index contributed by atoms with van der Waals surface area (Å²) in [5.41, 5.74) is 2.26. The Bertz CT molecular complexity index is 938. The molecule has 0 atom stereocenters. The van der Waals surface area contributed by atoms with Gasteiger partial charge < -0.3 is 4.90 Å². The van der Waals surface area contributed by atoms with E-state index in [1.54, 1.807) is 6.33 Å². The molecule has 7 heteroatoms. The normalized spacial score (nSPS) is 15.0. The summed E-state index contributed by atoms with van der Waals surface area (Å²) < 4.78 is 1.85. The van der Waals surface area contributed by atoms with Crippen molar-refractivity contribution in [3.05, 3.63) is 71.5 Å². The van der Waals surface area contributed by atoms with Gasteiger partial charge in [0.2, 0.25) is 5.91 Å². The quantitative estimate of drug-likeness (QED) is 0.582. The van der Waals surface area contributed by atoms with Crippen LogP contribution in [-0.2, 0) is 4.79 Å². The molecule has 0 N–H and O–H groups in total. The molecule has 1 saturated heterocycles. The number of amides is 1. The molecule has 0 radical (unpaired) electrons. The lowest BCUT2D eigenvalue weighted by atomic mass is 9.89. The molecule has 1 aromatic heterocycles. The molecule has 2 heterocycles. The summed E-state index contributed by atoms with van der Waals surface area (Å²) in [6, 6.07) is 18.1. The van der Waals surface area contributed by atoms with Gasteiger partial charge in [0.25, 0.3) is 0 Å². The Kier molecular flexibility index (Phi) is 5.98. The average molecular weight is 413 g/mol. The third-order valence-electron chi connectivity index (χ3n) is 5.05. The molecule has 2 aromatic carbocycles. The van der Waals surface area contributed by atoms with Gasteiger partial charge in [-0.2, -0.15) is 0 Å². The first-order chi connectivity index (χ1) is 13.7. The second-order valence-electron chi connectivity index (χ2n) is 6.82. The topological polar surface area (TPSA) is 51.0 Å². The van der Waals surface area contributed by atoms with Crippen LogP contribution in [-0.4, -0.2) is 44.4 Å². The van der Waals surface area contributed by atoms with Crippen LogP contribution in [0.25, 0.3) is 5.69 Å². The summed E-state index contributed by atoms with van der Waals surface area (Å²) in [7, 11) is 0. The Morgan fingerprint density at radius 1 is 1.11 bits per heavy atom. The SMILES string of the molecule is O=C(CSc1nncn1-c1cccc(Cl)c1)N1CCC(c2ccccc2)CC1. The van der Waals surface area contributed by atoms with E-state index >= 15 is 0 Å². The van der Waals surface area contributed by atoms with Gasteiger partial charge in [0.15, 0.2) is 5.16 Å². The lowest BCUT2D eigenvalue weighted by Gasteiger charge is -2.32. The molecule has 1 amide bonds. The molecule has 4 rings (SSSR count). The number of piperidine rings is 1. The van der Waals surface area contributed by atoms with Crippen molar-refractivity contribution in [2.75, 3.05) is 18.8 Å². The van der Waals surface area contributed by atoms with E-state index in [4.69, 9.17) is 11.6 Å². The Morgan fingerprint density at radius 2 is 1.89 bits per heavy atom. The van der Waals surface area contributed by atoms with Crippen LogP contribution in [0.4, 0.5) is 0 Å². The number of hydrogen-bond acceptors (Lipinski definition) is 4. The van der Waals surface area contributed by atoms with E-state index < -0.39 is 0 Å². The maximum Gasteiger partial charge on any atom is 0.233 e. The molecule has 0 aliphatic carbocycles. The predicted molar refractivity (Wildman–Crippen MR) is 112 cm³/mol. The van der Waals surface area contributed by atoms with E-state index in [-0.39, 0.29) is 5.91 Å². The highest BCUT2D eigenvalue weighted by atomic mass is 35.5. The van der Waals surface area contributed by atoms with Gasteiger partial charge in [-0.3, -0.25) is 9.36 Å². The average Bonchev–Trinajstić information content (AvgIpc) is 3.21. The fourth-order valence-electron chi connectivity index (χ4n) is 3.53. The van der Waals surface area contributed by atoms with Crippen molar-refractivity contribution >= 4 is 29.3 Å². The van der Waals surface area contributed by atoms with Gasteiger partial charge in [-0.15, -0.1) is 10.2 Å². The van der Waals surface area contributed by atoms with Crippen LogP contribution in [0.3, 0.4) is 0 Å². The van der Waals surface area contributed by atoms with Gasteiger partial charge in [0.05, 0.1) is 11.4 Å². The van der Waals surface area contributed by atoms with Gasteiger partial charge in [-0.05, 0) is 42.5 Å².